The van der Waals surface area contributed by atoms with Gasteiger partial charge < -0.3 is 5.73 Å². The van der Waals surface area contributed by atoms with Crippen LogP contribution in [0, 0.1) is 12.8 Å². The van der Waals surface area contributed by atoms with E-state index in [2.05, 4.69) is 30.2 Å². The molecule has 2 unspecified atom stereocenters. The maximum Gasteiger partial charge on any atom is 0.0484 e. The minimum absolute atomic E-state index is 0.573. The van der Waals surface area contributed by atoms with Crippen molar-refractivity contribution >= 4 is 11.3 Å². The van der Waals surface area contributed by atoms with Crippen molar-refractivity contribution in [2.24, 2.45) is 11.7 Å². The molecule has 1 saturated heterocycles. The second-order valence-corrected chi connectivity index (χ2v) is 5.63. The van der Waals surface area contributed by atoms with E-state index < -0.39 is 0 Å². The molecule has 0 aromatic carbocycles. The first-order valence-electron chi connectivity index (χ1n) is 6.26. The van der Waals surface area contributed by atoms with Crippen LogP contribution < -0.4 is 5.73 Å². The Hall–Kier alpha value is -0.380. The summed E-state index contributed by atoms with van der Waals surface area (Å²) in [6, 6.07) is 2.81. The number of hydrogen-bond acceptors (Lipinski definition) is 3. The number of thiophene rings is 1. The third-order valence-electron chi connectivity index (χ3n) is 3.74. The monoisotopic (exact) mass is 238 g/mol. The van der Waals surface area contributed by atoms with Gasteiger partial charge in [0.1, 0.15) is 0 Å². The van der Waals surface area contributed by atoms with E-state index in [4.69, 9.17) is 5.73 Å². The molecule has 16 heavy (non-hydrogen) atoms. The zero-order chi connectivity index (χ0) is 11.5. The summed E-state index contributed by atoms with van der Waals surface area (Å²) in [5.41, 5.74) is 7.38. The normalized spacial score (nSPS) is 27.2. The van der Waals surface area contributed by atoms with Crippen LogP contribution in [0.25, 0.3) is 0 Å². The number of rotatable bonds is 3. The van der Waals surface area contributed by atoms with Gasteiger partial charge in [-0.1, -0.05) is 6.92 Å². The zero-order valence-electron chi connectivity index (χ0n) is 10.3. The predicted octanol–water partition coefficient (Wildman–Crippen LogP) is 2.79. The fourth-order valence-corrected chi connectivity index (χ4v) is 3.97. The maximum absolute atomic E-state index is 5.94. The van der Waals surface area contributed by atoms with Crippen LogP contribution in [-0.4, -0.2) is 24.5 Å². The Balaban J connectivity index is 2.28. The van der Waals surface area contributed by atoms with E-state index in [0.29, 0.717) is 12.0 Å². The van der Waals surface area contributed by atoms with Crippen molar-refractivity contribution in [3.63, 3.8) is 0 Å². The Bertz CT molecular complexity index is 322. The number of nitrogens with zero attached hydrogens (tertiary/aromatic N) is 1. The average molecular weight is 238 g/mol. The largest absolute Gasteiger partial charge is 0.330 e. The van der Waals surface area contributed by atoms with Crippen molar-refractivity contribution in [2.45, 2.75) is 32.7 Å². The summed E-state index contributed by atoms with van der Waals surface area (Å²) in [5.74, 6) is 0.644. The lowest BCUT2D eigenvalue weighted by molar-refractivity contribution is 0.104. The van der Waals surface area contributed by atoms with Gasteiger partial charge in [0.15, 0.2) is 0 Å². The van der Waals surface area contributed by atoms with Crippen LogP contribution in [0.1, 0.15) is 36.2 Å². The lowest BCUT2D eigenvalue weighted by Gasteiger charge is -2.40. The van der Waals surface area contributed by atoms with Gasteiger partial charge in [0.05, 0.1) is 0 Å². The molecular weight excluding hydrogens is 216 g/mol. The number of piperidine rings is 1. The quantitative estimate of drug-likeness (QED) is 0.877. The molecule has 3 heteroatoms. The van der Waals surface area contributed by atoms with E-state index in [9.17, 15) is 0 Å². The number of nitrogens with two attached hydrogens (primary N) is 1. The van der Waals surface area contributed by atoms with Crippen LogP contribution in [0.5, 0.6) is 0 Å². The third kappa shape index (κ3) is 2.17. The van der Waals surface area contributed by atoms with E-state index in [1.54, 1.807) is 0 Å². The molecule has 2 heterocycles. The first-order chi connectivity index (χ1) is 7.77. The standard InChI is InChI=1S/C13H22N2S/c1-3-15-7-4-5-11(9-14)12(15)13-10(2)6-8-16-13/h6,8,11-12H,3-5,7,9,14H2,1-2H3. The second kappa shape index (κ2) is 5.30. The molecule has 0 amide bonds. The zero-order valence-corrected chi connectivity index (χ0v) is 11.1. The SMILES string of the molecule is CCN1CCCC(CN)C1c1sccc1C. The number of aryl methyl sites for hydroxylation is 1. The molecule has 2 atom stereocenters. The molecule has 90 valence electrons. The summed E-state index contributed by atoms with van der Waals surface area (Å²) in [4.78, 5) is 4.14. The van der Waals surface area contributed by atoms with Gasteiger partial charge in [-0.15, -0.1) is 11.3 Å². The highest BCUT2D eigenvalue weighted by atomic mass is 32.1. The molecule has 1 fully saturated rings. The molecule has 2 N–H and O–H groups in total. The van der Waals surface area contributed by atoms with E-state index in [0.717, 1.165) is 13.1 Å². The first kappa shape index (κ1) is 12.1. The molecule has 2 rings (SSSR count). The fraction of sp³-hybridized carbons (Fsp3) is 0.692. The van der Waals surface area contributed by atoms with E-state index in [1.165, 1.54) is 29.8 Å². The van der Waals surface area contributed by atoms with Crippen molar-refractivity contribution in [3.8, 4) is 0 Å². The first-order valence-corrected chi connectivity index (χ1v) is 7.14. The summed E-state index contributed by atoms with van der Waals surface area (Å²) in [6.45, 7) is 7.67. The van der Waals surface area contributed by atoms with Gasteiger partial charge in [-0.3, -0.25) is 4.90 Å². The molecule has 2 nitrogen and oxygen atoms in total. The summed E-state index contributed by atoms with van der Waals surface area (Å²) in [6.07, 6.45) is 2.59. The van der Waals surface area contributed by atoms with Gasteiger partial charge >= 0.3 is 0 Å². The molecule has 0 radical (unpaired) electrons. The highest BCUT2D eigenvalue weighted by Crippen LogP contribution is 2.39. The minimum Gasteiger partial charge on any atom is -0.330 e. The second-order valence-electron chi connectivity index (χ2n) is 4.68. The Morgan fingerprint density at radius 1 is 1.56 bits per heavy atom. The summed E-state index contributed by atoms with van der Waals surface area (Å²) >= 11 is 1.90. The van der Waals surface area contributed by atoms with Crippen LogP contribution in [0.15, 0.2) is 11.4 Å². The van der Waals surface area contributed by atoms with Crippen molar-refractivity contribution < 1.29 is 0 Å². The van der Waals surface area contributed by atoms with Crippen molar-refractivity contribution in [1.29, 1.82) is 0 Å². The average Bonchev–Trinajstić information content (AvgIpc) is 2.74. The lowest BCUT2D eigenvalue weighted by Crippen LogP contribution is -2.41. The number of hydrogen-bond donors (Lipinski definition) is 1. The molecule has 1 aromatic heterocycles. The molecule has 1 aliphatic rings. The molecule has 0 aliphatic carbocycles. The van der Waals surface area contributed by atoms with Crippen molar-refractivity contribution in [1.82, 2.24) is 4.90 Å². The van der Waals surface area contributed by atoms with E-state index in [1.807, 2.05) is 11.3 Å². The van der Waals surface area contributed by atoms with E-state index >= 15 is 0 Å². The van der Waals surface area contributed by atoms with Crippen LogP contribution in [0.3, 0.4) is 0 Å². The van der Waals surface area contributed by atoms with Gasteiger partial charge in [-0.25, -0.2) is 0 Å². The third-order valence-corrected chi connectivity index (χ3v) is 4.83. The van der Waals surface area contributed by atoms with Crippen LogP contribution in [0.2, 0.25) is 0 Å². The molecule has 0 spiro atoms. The maximum atomic E-state index is 5.94. The molecule has 1 aliphatic heterocycles. The molecule has 1 aromatic rings. The fourth-order valence-electron chi connectivity index (χ4n) is 2.82. The van der Waals surface area contributed by atoms with Crippen LogP contribution in [0.4, 0.5) is 0 Å². The van der Waals surface area contributed by atoms with Crippen LogP contribution in [-0.2, 0) is 0 Å². The smallest absolute Gasteiger partial charge is 0.0484 e. The van der Waals surface area contributed by atoms with E-state index in [-0.39, 0.29) is 0 Å². The summed E-state index contributed by atoms with van der Waals surface area (Å²) < 4.78 is 0. The molecule has 0 saturated carbocycles. The number of likely N-dealkylation sites (tertiary alicyclic amines) is 1. The topological polar surface area (TPSA) is 29.3 Å². The van der Waals surface area contributed by atoms with Gasteiger partial charge in [0.25, 0.3) is 0 Å². The highest BCUT2D eigenvalue weighted by molar-refractivity contribution is 7.10. The molecular formula is C13H22N2S. The molecule has 0 bridgehead atoms. The lowest BCUT2D eigenvalue weighted by atomic mass is 9.87. The Morgan fingerprint density at radius 2 is 2.38 bits per heavy atom. The highest BCUT2D eigenvalue weighted by Gasteiger charge is 2.32. The van der Waals surface area contributed by atoms with Gasteiger partial charge in [-0.2, -0.15) is 0 Å². The van der Waals surface area contributed by atoms with Gasteiger partial charge in [-0.05, 0) is 62.3 Å². The predicted molar refractivity (Wildman–Crippen MR) is 70.8 cm³/mol. The minimum atomic E-state index is 0.573. The van der Waals surface area contributed by atoms with Gasteiger partial charge in [0.2, 0.25) is 0 Å². The Labute approximate surface area is 102 Å². The Morgan fingerprint density at radius 3 is 2.94 bits per heavy atom. The summed E-state index contributed by atoms with van der Waals surface area (Å²) in [7, 11) is 0. The Kier molecular flexibility index (Phi) is 4.00. The van der Waals surface area contributed by atoms with Crippen molar-refractivity contribution in [2.75, 3.05) is 19.6 Å². The van der Waals surface area contributed by atoms with Crippen molar-refractivity contribution in [3.05, 3.63) is 21.9 Å². The van der Waals surface area contributed by atoms with Crippen LogP contribution >= 0.6 is 11.3 Å². The summed E-state index contributed by atoms with van der Waals surface area (Å²) in [5, 5.41) is 2.21. The van der Waals surface area contributed by atoms with Gasteiger partial charge in [0, 0.05) is 10.9 Å².